The number of benzene rings is 4. The number of carbonyl (C=O) groups excluding carboxylic acids is 5. The first-order chi connectivity index (χ1) is 24.6. The zero-order valence-electron chi connectivity index (χ0n) is 28.3. The minimum absolute atomic E-state index is 0.245. The zero-order valence-corrected chi connectivity index (χ0v) is 28.3. The molecule has 1 aliphatic rings. The monoisotopic (exact) mass is 693 g/mol. The minimum atomic E-state index is -0.471. The van der Waals surface area contributed by atoms with Crippen molar-refractivity contribution in [1.29, 1.82) is 0 Å². The molecule has 51 heavy (non-hydrogen) atoms. The fourth-order valence-corrected chi connectivity index (χ4v) is 5.62. The molecule has 10 nitrogen and oxygen atoms in total. The van der Waals surface area contributed by atoms with Gasteiger partial charge in [0.1, 0.15) is 23.1 Å². The van der Waals surface area contributed by atoms with Gasteiger partial charge in [0.25, 0.3) is 5.91 Å². The number of amides is 1. The number of allylic oxidation sites excluding steroid dienone is 1. The van der Waals surface area contributed by atoms with E-state index in [0.29, 0.717) is 65.1 Å². The second kappa shape index (κ2) is 16.5. The quantitative estimate of drug-likeness (QED) is 0.0699. The van der Waals surface area contributed by atoms with E-state index in [1.54, 1.807) is 73.8 Å². The lowest BCUT2D eigenvalue weighted by Gasteiger charge is -2.26. The average molecular weight is 694 g/mol. The predicted molar refractivity (Wildman–Crippen MR) is 186 cm³/mol. The average Bonchev–Trinajstić information content (AvgIpc) is 3.17. The van der Waals surface area contributed by atoms with Gasteiger partial charge in [-0.3, -0.25) is 19.2 Å². The number of ether oxygens (including phenoxy) is 4. The number of hydrogen-bond donors (Lipinski definition) is 0. The number of hydrogen-bond acceptors (Lipinski definition) is 9. The molecule has 0 aromatic heterocycles. The van der Waals surface area contributed by atoms with E-state index in [0.717, 1.165) is 0 Å². The molecule has 11 heteroatoms. The maximum absolute atomic E-state index is 13.3. The Labute approximate surface area is 294 Å². The number of anilines is 1. The molecule has 1 fully saturated rings. The molecule has 0 bridgehead atoms. The third kappa shape index (κ3) is 9.13. The number of esters is 3. The molecule has 1 aliphatic carbocycles. The Bertz CT molecular complexity index is 1930. The van der Waals surface area contributed by atoms with Crippen LogP contribution in [-0.4, -0.2) is 50.9 Å². The highest BCUT2D eigenvalue weighted by molar-refractivity contribution is 6.07. The first-order valence-electron chi connectivity index (χ1n) is 16.2. The summed E-state index contributed by atoms with van der Waals surface area (Å²) in [5, 5.41) is 0. The van der Waals surface area contributed by atoms with Crippen molar-refractivity contribution in [1.82, 2.24) is 0 Å². The molecule has 0 atom stereocenters. The van der Waals surface area contributed by atoms with Crippen molar-refractivity contribution in [2.24, 2.45) is 11.8 Å². The fourth-order valence-electron chi connectivity index (χ4n) is 5.62. The summed E-state index contributed by atoms with van der Waals surface area (Å²) in [5.41, 5.74) is 2.09. The molecule has 0 heterocycles. The molecule has 4 aromatic rings. The molecule has 0 spiro atoms. The molecular formula is C40H36FNO9. The van der Waals surface area contributed by atoms with Crippen LogP contribution in [0.3, 0.4) is 0 Å². The number of ketones is 1. The molecule has 0 saturated heterocycles. The van der Waals surface area contributed by atoms with Gasteiger partial charge in [-0.05, 0) is 129 Å². The molecular weight excluding hydrogens is 657 g/mol. The SMILES string of the molecule is COC(=O)c1ccc(N(C)C(=O)c2ccc(OC(=O)C3CCC(C(=O)Oc4ccc(OC)cc4/C=C/C(=O)c4ccc(F)cc4)CC3)cc2)cc1. The van der Waals surface area contributed by atoms with Crippen LogP contribution in [-0.2, 0) is 14.3 Å². The Hall–Kier alpha value is -6.10. The van der Waals surface area contributed by atoms with E-state index in [4.69, 9.17) is 18.9 Å². The Kier molecular flexibility index (Phi) is 11.7. The van der Waals surface area contributed by atoms with Crippen molar-refractivity contribution in [3.63, 3.8) is 0 Å². The van der Waals surface area contributed by atoms with E-state index in [2.05, 4.69) is 0 Å². The van der Waals surface area contributed by atoms with Crippen LogP contribution in [0.1, 0.15) is 62.3 Å². The molecule has 1 saturated carbocycles. The number of carbonyl (C=O) groups is 5. The lowest BCUT2D eigenvalue weighted by molar-refractivity contribution is -0.145. The Morgan fingerprint density at radius 3 is 1.82 bits per heavy atom. The maximum Gasteiger partial charge on any atom is 0.337 e. The van der Waals surface area contributed by atoms with Crippen molar-refractivity contribution in [3.05, 3.63) is 125 Å². The van der Waals surface area contributed by atoms with Crippen LogP contribution >= 0.6 is 0 Å². The molecule has 0 N–H and O–H groups in total. The first kappa shape index (κ1) is 36.2. The predicted octanol–water partition coefficient (Wildman–Crippen LogP) is 7.11. The maximum atomic E-state index is 13.3. The van der Waals surface area contributed by atoms with E-state index in [1.165, 1.54) is 55.5 Å². The lowest BCUT2D eigenvalue weighted by Crippen LogP contribution is -2.30. The molecule has 262 valence electrons. The van der Waals surface area contributed by atoms with E-state index in [9.17, 15) is 28.4 Å². The molecule has 4 aromatic carbocycles. The van der Waals surface area contributed by atoms with Crippen molar-refractivity contribution in [3.8, 4) is 17.2 Å². The highest BCUT2D eigenvalue weighted by atomic mass is 19.1. The Morgan fingerprint density at radius 1 is 0.686 bits per heavy atom. The third-order valence-electron chi connectivity index (χ3n) is 8.66. The van der Waals surface area contributed by atoms with Crippen molar-refractivity contribution in [2.75, 3.05) is 26.2 Å². The first-order valence-corrected chi connectivity index (χ1v) is 16.2. The van der Waals surface area contributed by atoms with Gasteiger partial charge in [0, 0.05) is 29.4 Å². The van der Waals surface area contributed by atoms with Crippen LogP contribution in [0.15, 0.2) is 97.1 Å². The van der Waals surface area contributed by atoms with Crippen LogP contribution in [0.5, 0.6) is 17.2 Å². The summed E-state index contributed by atoms with van der Waals surface area (Å²) in [6.07, 6.45) is 4.52. The summed E-state index contributed by atoms with van der Waals surface area (Å²) in [4.78, 5) is 64.9. The van der Waals surface area contributed by atoms with Gasteiger partial charge in [-0.2, -0.15) is 0 Å². The van der Waals surface area contributed by atoms with Crippen LogP contribution < -0.4 is 19.1 Å². The van der Waals surface area contributed by atoms with Crippen molar-refractivity contribution < 1.29 is 47.3 Å². The van der Waals surface area contributed by atoms with E-state index >= 15 is 0 Å². The summed E-state index contributed by atoms with van der Waals surface area (Å²) < 4.78 is 34.6. The Balaban J connectivity index is 1.13. The zero-order chi connectivity index (χ0) is 36.5. The van der Waals surface area contributed by atoms with Gasteiger partial charge in [-0.25, -0.2) is 9.18 Å². The normalized spacial score (nSPS) is 15.5. The third-order valence-corrected chi connectivity index (χ3v) is 8.66. The van der Waals surface area contributed by atoms with Gasteiger partial charge < -0.3 is 23.8 Å². The number of methoxy groups -OCH3 is 2. The minimum Gasteiger partial charge on any atom is -0.497 e. The largest absolute Gasteiger partial charge is 0.497 e. The molecule has 1 amide bonds. The van der Waals surface area contributed by atoms with Crippen LogP contribution in [0.2, 0.25) is 0 Å². The van der Waals surface area contributed by atoms with Crippen LogP contribution in [0.25, 0.3) is 6.08 Å². The summed E-state index contributed by atoms with van der Waals surface area (Å²) in [5.74, 6) is -2.24. The van der Waals surface area contributed by atoms with E-state index in [1.807, 2.05) is 0 Å². The highest BCUT2D eigenvalue weighted by Crippen LogP contribution is 2.33. The molecule has 5 rings (SSSR count). The highest BCUT2D eigenvalue weighted by Gasteiger charge is 2.32. The molecule has 0 aliphatic heterocycles. The lowest BCUT2D eigenvalue weighted by atomic mass is 9.82. The topological polar surface area (TPSA) is 126 Å². The van der Waals surface area contributed by atoms with E-state index in [-0.39, 0.29) is 17.4 Å². The van der Waals surface area contributed by atoms with Crippen molar-refractivity contribution >= 4 is 41.4 Å². The fraction of sp³-hybridized carbons (Fsp3) is 0.225. The molecule has 0 unspecified atom stereocenters. The standard InChI is InChI=1S/C40H36FNO9/c1-42(32-17-10-27(11-18-32)38(45)49-3)37(44)26-12-19-33(20-13-26)50-39(46)28-4-6-29(7-5-28)40(47)51-36-23-21-34(48-2)24-30(36)14-22-35(43)25-8-15-31(41)16-9-25/h8-24,28-29H,4-7H2,1-3H3/b22-14+. The van der Waals surface area contributed by atoms with Gasteiger partial charge in [-0.1, -0.05) is 0 Å². The van der Waals surface area contributed by atoms with Gasteiger partial charge in [0.15, 0.2) is 5.78 Å². The number of rotatable bonds is 11. The number of nitrogens with zero attached hydrogens (tertiary/aromatic N) is 1. The molecule has 0 radical (unpaired) electrons. The summed E-state index contributed by atoms with van der Waals surface area (Å²) in [6, 6.07) is 22.7. The Morgan fingerprint density at radius 2 is 1.24 bits per heavy atom. The summed E-state index contributed by atoms with van der Waals surface area (Å²) in [7, 11) is 4.40. The van der Waals surface area contributed by atoms with Crippen molar-refractivity contribution in [2.45, 2.75) is 25.7 Å². The second-order valence-corrected chi connectivity index (χ2v) is 11.9. The van der Waals surface area contributed by atoms with Gasteiger partial charge >= 0.3 is 17.9 Å². The second-order valence-electron chi connectivity index (χ2n) is 11.9. The van der Waals surface area contributed by atoms with Gasteiger partial charge in [-0.15, -0.1) is 0 Å². The van der Waals surface area contributed by atoms with Crippen LogP contribution in [0, 0.1) is 17.7 Å². The summed E-state index contributed by atoms with van der Waals surface area (Å²) >= 11 is 0. The summed E-state index contributed by atoms with van der Waals surface area (Å²) in [6.45, 7) is 0. The number of halogens is 1. The van der Waals surface area contributed by atoms with Gasteiger partial charge in [0.2, 0.25) is 0 Å². The smallest absolute Gasteiger partial charge is 0.337 e. The van der Waals surface area contributed by atoms with Gasteiger partial charge in [0.05, 0.1) is 31.6 Å². The van der Waals surface area contributed by atoms with E-state index < -0.39 is 35.6 Å². The van der Waals surface area contributed by atoms with Crippen LogP contribution in [0.4, 0.5) is 10.1 Å².